The molecule has 0 aliphatic carbocycles. The van der Waals surface area contributed by atoms with Crippen molar-refractivity contribution in [3.05, 3.63) is 74.5 Å². The van der Waals surface area contributed by atoms with Crippen molar-refractivity contribution in [1.29, 1.82) is 0 Å². The Labute approximate surface area is 179 Å². The number of carbonyl (C=O) groups is 2. The highest BCUT2D eigenvalue weighted by molar-refractivity contribution is 6.06. The van der Waals surface area contributed by atoms with Crippen molar-refractivity contribution in [3.8, 4) is 0 Å². The van der Waals surface area contributed by atoms with E-state index in [9.17, 15) is 19.2 Å². The zero-order valence-corrected chi connectivity index (χ0v) is 17.8. The van der Waals surface area contributed by atoms with Gasteiger partial charge >= 0.3 is 5.63 Å². The number of amides is 2. The van der Waals surface area contributed by atoms with Gasteiger partial charge in [-0.05, 0) is 31.0 Å². The molecule has 8 nitrogen and oxygen atoms in total. The molecule has 2 amide bonds. The number of nitrogens with one attached hydrogen (secondary N) is 1. The minimum absolute atomic E-state index is 0.0844. The normalized spacial score (nSPS) is 10.8. The van der Waals surface area contributed by atoms with Crippen LogP contribution in [-0.2, 0) is 7.05 Å². The fourth-order valence-corrected chi connectivity index (χ4v) is 3.37. The molecule has 31 heavy (non-hydrogen) atoms. The number of hydrogen-bond donors (Lipinski definition) is 1. The van der Waals surface area contributed by atoms with Crippen molar-refractivity contribution in [1.82, 2.24) is 9.47 Å². The van der Waals surface area contributed by atoms with Gasteiger partial charge < -0.3 is 19.2 Å². The Morgan fingerprint density at radius 3 is 2.42 bits per heavy atom. The Balaban J connectivity index is 1.95. The summed E-state index contributed by atoms with van der Waals surface area (Å²) in [6.45, 7) is 5.15. The van der Waals surface area contributed by atoms with Gasteiger partial charge in [0.05, 0.1) is 5.56 Å². The molecule has 1 aromatic carbocycles. The van der Waals surface area contributed by atoms with Crippen LogP contribution >= 0.6 is 0 Å². The van der Waals surface area contributed by atoms with Crippen LogP contribution in [0.4, 0.5) is 5.69 Å². The summed E-state index contributed by atoms with van der Waals surface area (Å²) in [7, 11) is 1.50. The predicted molar refractivity (Wildman–Crippen MR) is 119 cm³/mol. The monoisotopic (exact) mass is 423 g/mol. The molecule has 162 valence electrons. The van der Waals surface area contributed by atoms with Gasteiger partial charge in [0.15, 0.2) is 0 Å². The fourth-order valence-electron chi connectivity index (χ4n) is 3.37. The van der Waals surface area contributed by atoms with Crippen molar-refractivity contribution in [2.75, 3.05) is 18.4 Å². The van der Waals surface area contributed by atoms with Gasteiger partial charge in [0.1, 0.15) is 16.8 Å². The van der Waals surface area contributed by atoms with Crippen molar-refractivity contribution in [2.24, 2.45) is 7.05 Å². The highest BCUT2D eigenvalue weighted by atomic mass is 16.4. The molecule has 0 saturated heterocycles. The van der Waals surface area contributed by atoms with E-state index in [0.717, 1.165) is 12.8 Å². The molecule has 3 aromatic rings. The summed E-state index contributed by atoms with van der Waals surface area (Å²) < 4.78 is 6.43. The number of aryl methyl sites for hydroxylation is 1. The van der Waals surface area contributed by atoms with Crippen LogP contribution in [0, 0.1) is 0 Å². The number of pyridine rings is 1. The lowest BCUT2D eigenvalue weighted by Crippen LogP contribution is -2.34. The number of rotatable bonds is 7. The molecule has 8 heteroatoms. The molecule has 0 unspecified atom stereocenters. The molecule has 3 rings (SSSR count). The number of nitrogens with zero attached hydrogens (tertiary/aromatic N) is 2. The summed E-state index contributed by atoms with van der Waals surface area (Å²) in [5.74, 6) is -1.000. The molecule has 0 aliphatic heterocycles. The largest absolute Gasteiger partial charge is 0.422 e. The number of hydrogen-bond acceptors (Lipinski definition) is 5. The molecule has 0 fully saturated rings. The molecule has 1 N–H and O–H groups in total. The third kappa shape index (κ3) is 4.74. The second-order valence-electron chi connectivity index (χ2n) is 7.29. The first-order chi connectivity index (χ1) is 14.8. The summed E-state index contributed by atoms with van der Waals surface area (Å²) in [5.41, 5.74) is -0.968. The van der Waals surface area contributed by atoms with Gasteiger partial charge in [0.25, 0.3) is 17.4 Å². The van der Waals surface area contributed by atoms with E-state index < -0.39 is 17.1 Å². The second kappa shape index (κ2) is 9.42. The van der Waals surface area contributed by atoms with Gasteiger partial charge in [0.2, 0.25) is 0 Å². The third-order valence-corrected chi connectivity index (χ3v) is 4.84. The smallest absolute Gasteiger partial charge is 0.349 e. The lowest BCUT2D eigenvalue weighted by atomic mass is 10.1. The summed E-state index contributed by atoms with van der Waals surface area (Å²) in [4.78, 5) is 52.2. The maximum atomic E-state index is 12.9. The van der Waals surface area contributed by atoms with Crippen LogP contribution < -0.4 is 16.5 Å². The number of anilines is 1. The van der Waals surface area contributed by atoms with Crippen molar-refractivity contribution >= 4 is 28.5 Å². The van der Waals surface area contributed by atoms with Crippen LogP contribution in [0.15, 0.2) is 56.6 Å². The van der Waals surface area contributed by atoms with Gasteiger partial charge in [-0.15, -0.1) is 0 Å². The Morgan fingerprint density at radius 2 is 1.74 bits per heavy atom. The Bertz CT molecular complexity index is 1240. The van der Waals surface area contributed by atoms with E-state index in [1.54, 1.807) is 29.2 Å². The molecule has 0 spiro atoms. The van der Waals surface area contributed by atoms with Crippen LogP contribution in [0.25, 0.3) is 11.0 Å². The van der Waals surface area contributed by atoms with Crippen molar-refractivity contribution < 1.29 is 14.0 Å². The molecule has 0 saturated carbocycles. The standard InChI is InChI=1S/C23H25N3O5/c1-4-10-26(11-5-2)21(28)16-13-18(22(29)25(3)14-16)24-20(27)17-12-15-8-6-7-9-19(15)31-23(17)30/h6-9,12-14H,4-5,10-11H2,1-3H3,(H,24,27). The maximum Gasteiger partial charge on any atom is 0.349 e. The Hall–Kier alpha value is -3.68. The summed E-state index contributed by atoms with van der Waals surface area (Å²) in [6.07, 6.45) is 3.06. The van der Waals surface area contributed by atoms with E-state index in [1.165, 1.54) is 29.9 Å². The zero-order chi connectivity index (χ0) is 22.5. The van der Waals surface area contributed by atoms with Crippen LogP contribution in [-0.4, -0.2) is 34.4 Å². The summed E-state index contributed by atoms with van der Waals surface area (Å²) in [6, 6.07) is 9.58. The minimum atomic E-state index is -0.808. The van der Waals surface area contributed by atoms with Crippen LogP contribution in [0.5, 0.6) is 0 Å². The fraction of sp³-hybridized carbons (Fsp3) is 0.304. The average Bonchev–Trinajstić information content (AvgIpc) is 2.75. The molecule has 0 bridgehead atoms. The highest BCUT2D eigenvalue weighted by Crippen LogP contribution is 2.14. The molecule has 2 aromatic heterocycles. The van der Waals surface area contributed by atoms with E-state index in [0.29, 0.717) is 24.1 Å². The molecule has 0 radical (unpaired) electrons. The summed E-state index contributed by atoms with van der Waals surface area (Å²) >= 11 is 0. The Morgan fingerprint density at radius 1 is 1.06 bits per heavy atom. The van der Waals surface area contributed by atoms with Gasteiger partial charge in [-0.2, -0.15) is 0 Å². The molecule has 2 heterocycles. The quantitative estimate of drug-likeness (QED) is 0.589. The van der Waals surface area contributed by atoms with Gasteiger partial charge in [-0.1, -0.05) is 32.0 Å². The van der Waals surface area contributed by atoms with Crippen molar-refractivity contribution in [3.63, 3.8) is 0 Å². The third-order valence-electron chi connectivity index (χ3n) is 4.84. The van der Waals surface area contributed by atoms with Gasteiger partial charge in [-0.25, -0.2) is 4.79 Å². The molecule has 0 aliphatic rings. The number of aromatic nitrogens is 1. The first-order valence-electron chi connectivity index (χ1n) is 10.2. The first-order valence-corrected chi connectivity index (χ1v) is 10.2. The maximum absolute atomic E-state index is 12.9. The number of benzene rings is 1. The number of para-hydroxylation sites is 1. The lowest BCUT2D eigenvalue weighted by molar-refractivity contribution is 0.0754. The van der Waals surface area contributed by atoms with Crippen LogP contribution in [0.3, 0.4) is 0 Å². The molecular weight excluding hydrogens is 398 g/mol. The van der Waals surface area contributed by atoms with Crippen molar-refractivity contribution in [2.45, 2.75) is 26.7 Å². The van der Waals surface area contributed by atoms with E-state index in [2.05, 4.69) is 5.32 Å². The SMILES string of the molecule is CCCN(CCC)C(=O)c1cc(NC(=O)c2cc3ccccc3oc2=O)c(=O)n(C)c1. The van der Waals surface area contributed by atoms with E-state index in [1.807, 2.05) is 13.8 Å². The lowest BCUT2D eigenvalue weighted by Gasteiger charge is -2.22. The zero-order valence-electron chi connectivity index (χ0n) is 17.8. The van der Waals surface area contributed by atoms with E-state index >= 15 is 0 Å². The minimum Gasteiger partial charge on any atom is -0.422 e. The average molecular weight is 423 g/mol. The molecule has 0 atom stereocenters. The first kappa shape index (κ1) is 22.0. The second-order valence-corrected chi connectivity index (χ2v) is 7.29. The Kier molecular flexibility index (Phi) is 6.69. The van der Waals surface area contributed by atoms with Gasteiger partial charge in [-0.3, -0.25) is 14.4 Å². The summed E-state index contributed by atoms with van der Waals surface area (Å²) in [5, 5.41) is 3.05. The van der Waals surface area contributed by atoms with E-state index in [4.69, 9.17) is 4.42 Å². The van der Waals surface area contributed by atoms with E-state index in [-0.39, 0.29) is 22.7 Å². The topological polar surface area (TPSA) is 102 Å². The predicted octanol–water partition coefficient (Wildman–Crippen LogP) is 3.01. The number of fused-ring (bicyclic) bond motifs is 1. The highest BCUT2D eigenvalue weighted by Gasteiger charge is 2.20. The molecular formula is C23H25N3O5. The number of carbonyl (C=O) groups excluding carboxylic acids is 2. The van der Waals surface area contributed by atoms with Gasteiger partial charge in [0, 0.05) is 31.7 Å². The van der Waals surface area contributed by atoms with Crippen LogP contribution in [0.1, 0.15) is 47.4 Å². The van der Waals surface area contributed by atoms with Crippen LogP contribution in [0.2, 0.25) is 0 Å².